The van der Waals surface area contributed by atoms with E-state index in [1.54, 1.807) is 30.1 Å². The van der Waals surface area contributed by atoms with Crippen molar-refractivity contribution < 1.29 is 9.18 Å². The van der Waals surface area contributed by atoms with Gasteiger partial charge < -0.3 is 10.7 Å². The van der Waals surface area contributed by atoms with Gasteiger partial charge in [0.05, 0.1) is 11.3 Å². The summed E-state index contributed by atoms with van der Waals surface area (Å²) in [6, 6.07) is 15.9. The van der Waals surface area contributed by atoms with Crippen LogP contribution < -0.4 is 5.84 Å². The van der Waals surface area contributed by atoms with Crippen molar-refractivity contribution >= 4 is 17.7 Å². The fraction of sp³-hybridized carbons (Fsp3) is 0.167. The van der Waals surface area contributed by atoms with Crippen LogP contribution in [0.2, 0.25) is 0 Å². The van der Waals surface area contributed by atoms with E-state index in [1.165, 1.54) is 22.5 Å². The Balaban J connectivity index is 1.63. The van der Waals surface area contributed by atoms with Crippen molar-refractivity contribution in [3.63, 3.8) is 0 Å². The fourth-order valence-electron chi connectivity index (χ4n) is 2.38. The summed E-state index contributed by atoms with van der Waals surface area (Å²) < 4.78 is 15.1. The molecule has 3 aromatic rings. The summed E-state index contributed by atoms with van der Waals surface area (Å²) in [4.78, 5) is 13.9. The number of benzene rings is 2. The molecule has 134 valence electrons. The van der Waals surface area contributed by atoms with Gasteiger partial charge in [0.15, 0.2) is 5.82 Å². The predicted octanol–water partition coefficient (Wildman–Crippen LogP) is 2.55. The van der Waals surface area contributed by atoms with E-state index in [4.69, 9.17) is 5.84 Å². The first-order chi connectivity index (χ1) is 12.6. The lowest BCUT2D eigenvalue weighted by molar-refractivity contribution is -0.127. The molecule has 0 saturated carbocycles. The Bertz CT molecular complexity index is 900. The third-order valence-corrected chi connectivity index (χ3v) is 4.72. The average Bonchev–Trinajstić information content (AvgIpc) is 3.01. The molecule has 0 saturated heterocycles. The minimum absolute atomic E-state index is 0.0608. The van der Waals surface area contributed by atoms with Gasteiger partial charge in [-0.3, -0.25) is 4.79 Å². The van der Waals surface area contributed by atoms with E-state index in [9.17, 15) is 9.18 Å². The SMILES string of the molecule is CN(Cc1ccccc1)C(=O)CSc1nnc(-c2ccccc2F)n1N. The van der Waals surface area contributed by atoms with Crippen LogP contribution in [0.4, 0.5) is 4.39 Å². The Morgan fingerprint density at radius 3 is 2.58 bits per heavy atom. The van der Waals surface area contributed by atoms with Gasteiger partial charge in [-0.2, -0.15) is 0 Å². The van der Waals surface area contributed by atoms with Gasteiger partial charge in [-0.15, -0.1) is 10.2 Å². The number of thioether (sulfide) groups is 1. The van der Waals surface area contributed by atoms with E-state index in [0.29, 0.717) is 11.7 Å². The lowest BCUT2D eigenvalue weighted by Crippen LogP contribution is -2.28. The highest BCUT2D eigenvalue weighted by molar-refractivity contribution is 7.99. The van der Waals surface area contributed by atoms with Gasteiger partial charge in [-0.05, 0) is 17.7 Å². The van der Waals surface area contributed by atoms with Gasteiger partial charge in [-0.25, -0.2) is 9.07 Å². The van der Waals surface area contributed by atoms with E-state index >= 15 is 0 Å². The number of carbonyl (C=O) groups excluding carboxylic acids is 1. The van der Waals surface area contributed by atoms with Gasteiger partial charge >= 0.3 is 0 Å². The van der Waals surface area contributed by atoms with Crippen molar-refractivity contribution in [3.8, 4) is 11.4 Å². The topological polar surface area (TPSA) is 77.0 Å². The number of nitrogens with two attached hydrogens (primary N) is 1. The fourth-order valence-corrected chi connectivity index (χ4v) is 3.18. The van der Waals surface area contributed by atoms with E-state index in [2.05, 4.69) is 10.2 Å². The van der Waals surface area contributed by atoms with Crippen LogP contribution >= 0.6 is 11.8 Å². The second-order valence-electron chi connectivity index (χ2n) is 5.68. The van der Waals surface area contributed by atoms with Crippen LogP contribution in [0.25, 0.3) is 11.4 Å². The molecule has 0 unspecified atom stereocenters. The zero-order valence-electron chi connectivity index (χ0n) is 14.2. The molecule has 8 heteroatoms. The number of halogens is 1. The third-order valence-electron chi connectivity index (χ3n) is 3.79. The maximum atomic E-state index is 13.9. The van der Waals surface area contributed by atoms with Gasteiger partial charge in [0.25, 0.3) is 0 Å². The Morgan fingerprint density at radius 2 is 1.85 bits per heavy atom. The maximum absolute atomic E-state index is 13.9. The Hall–Kier alpha value is -2.87. The number of nitrogen functional groups attached to an aromatic ring is 1. The number of aromatic nitrogens is 3. The first-order valence-corrected chi connectivity index (χ1v) is 8.91. The smallest absolute Gasteiger partial charge is 0.233 e. The quantitative estimate of drug-likeness (QED) is 0.532. The second kappa shape index (κ2) is 8.01. The summed E-state index contributed by atoms with van der Waals surface area (Å²) in [5.74, 6) is 5.86. The molecule has 1 aromatic heterocycles. The summed E-state index contributed by atoms with van der Waals surface area (Å²) in [6.45, 7) is 0.524. The number of amides is 1. The summed E-state index contributed by atoms with van der Waals surface area (Å²) in [5.41, 5.74) is 1.32. The molecule has 0 bridgehead atoms. The van der Waals surface area contributed by atoms with E-state index in [0.717, 1.165) is 5.56 Å². The highest BCUT2D eigenvalue weighted by atomic mass is 32.2. The Labute approximate surface area is 154 Å². The molecular weight excluding hydrogens is 353 g/mol. The van der Waals surface area contributed by atoms with E-state index in [-0.39, 0.29) is 23.0 Å². The molecule has 1 amide bonds. The van der Waals surface area contributed by atoms with Crippen LogP contribution in [0.3, 0.4) is 0 Å². The number of carbonyl (C=O) groups is 1. The zero-order valence-corrected chi connectivity index (χ0v) is 15.0. The molecule has 6 nitrogen and oxygen atoms in total. The lowest BCUT2D eigenvalue weighted by atomic mass is 10.2. The van der Waals surface area contributed by atoms with Crippen LogP contribution in [0.15, 0.2) is 59.8 Å². The van der Waals surface area contributed by atoms with Crippen molar-refractivity contribution in [1.82, 2.24) is 19.8 Å². The lowest BCUT2D eigenvalue weighted by Gasteiger charge is -2.16. The van der Waals surface area contributed by atoms with E-state index in [1.807, 2.05) is 30.3 Å². The van der Waals surface area contributed by atoms with Crippen LogP contribution in [0.5, 0.6) is 0 Å². The second-order valence-corrected chi connectivity index (χ2v) is 6.62. The predicted molar refractivity (Wildman–Crippen MR) is 99.2 cm³/mol. The van der Waals surface area contributed by atoms with Crippen molar-refractivity contribution in [1.29, 1.82) is 0 Å². The maximum Gasteiger partial charge on any atom is 0.233 e. The number of nitrogens with zero attached hydrogens (tertiary/aromatic N) is 4. The zero-order chi connectivity index (χ0) is 18.5. The largest absolute Gasteiger partial charge is 0.341 e. The molecule has 0 aliphatic carbocycles. The molecule has 2 N–H and O–H groups in total. The highest BCUT2D eigenvalue weighted by Crippen LogP contribution is 2.23. The normalized spacial score (nSPS) is 10.7. The highest BCUT2D eigenvalue weighted by Gasteiger charge is 2.17. The molecule has 0 atom stereocenters. The minimum Gasteiger partial charge on any atom is -0.341 e. The van der Waals surface area contributed by atoms with Crippen LogP contribution in [-0.2, 0) is 11.3 Å². The molecular formula is C18H18FN5OS. The monoisotopic (exact) mass is 371 g/mol. The van der Waals surface area contributed by atoms with Crippen LogP contribution in [0, 0.1) is 5.82 Å². The standard InChI is InChI=1S/C18H18FN5OS/c1-23(11-13-7-3-2-4-8-13)16(25)12-26-18-22-21-17(24(18)20)14-9-5-6-10-15(14)19/h2-10H,11-12,20H2,1H3. The summed E-state index contributed by atoms with van der Waals surface area (Å²) in [7, 11) is 1.74. The summed E-state index contributed by atoms with van der Waals surface area (Å²) in [5, 5.41) is 8.25. The van der Waals surface area contributed by atoms with Gasteiger partial charge in [0.1, 0.15) is 5.82 Å². The average molecular weight is 371 g/mol. The van der Waals surface area contributed by atoms with Crippen molar-refractivity contribution in [2.75, 3.05) is 18.6 Å². The number of hydrogen-bond donors (Lipinski definition) is 1. The number of hydrogen-bond acceptors (Lipinski definition) is 5. The van der Waals surface area contributed by atoms with E-state index < -0.39 is 5.82 Å². The van der Waals surface area contributed by atoms with Gasteiger partial charge in [0.2, 0.25) is 11.1 Å². The molecule has 0 radical (unpaired) electrons. The van der Waals surface area contributed by atoms with Gasteiger partial charge in [0, 0.05) is 13.6 Å². The molecule has 0 aliphatic rings. The van der Waals surface area contributed by atoms with Crippen LogP contribution in [-0.4, -0.2) is 38.5 Å². The molecule has 0 aliphatic heterocycles. The molecule has 1 heterocycles. The summed E-state index contributed by atoms with van der Waals surface area (Å²) in [6.07, 6.45) is 0. The molecule has 3 rings (SSSR count). The molecule has 2 aromatic carbocycles. The van der Waals surface area contributed by atoms with Crippen molar-refractivity contribution in [2.45, 2.75) is 11.7 Å². The Kier molecular flexibility index (Phi) is 5.52. The molecule has 26 heavy (non-hydrogen) atoms. The van der Waals surface area contributed by atoms with Gasteiger partial charge in [-0.1, -0.05) is 54.2 Å². The first kappa shape index (κ1) is 17.9. The first-order valence-electron chi connectivity index (χ1n) is 7.92. The minimum atomic E-state index is -0.429. The third kappa shape index (κ3) is 4.02. The Morgan fingerprint density at radius 1 is 1.15 bits per heavy atom. The van der Waals surface area contributed by atoms with Crippen molar-refractivity contribution in [2.24, 2.45) is 0 Å². The molecule has 0 spiro atoms. The molecule has 0 fully saturated rings. The number of rotatable bonds is 6. The summed E-state index contributed by atoms with van der Waals surface area (Å²) >= 11 is 1.17. The van der Waals surface area contributed by atoms with Crippen molar-refractivity contribution in [3.05, 3.63) is 66.0 Å². The van der Waals surface area contributed by atoms with Crippen LogP contribution in [0.1, 0.15) is 5.56 Å².